The lowest BCUT2D eigenvalue weighted by molar-refractivity contribution is -0.692. The fraction of sp³-hybridized carbons (Fsp3) is 0.824. The zero-order valence-corrected chi connectivity index (χ0v) is 13.6. The van der Waals surface area contributed by atoms with E-state index in [-0.39, 0.29) is 0 Å². The van der Waals surface area contributed by atoms with Crippen LogP contribution in [0.2, 0.25) is 0 Å². The van der Waals surface area contributed by atoms with Crippen LogP contribution in [-0.2, 0) is 6.54 Å². The molecule has 0 spiro atoms. The Morgan fingerprint density at radius 2 is 1.26 bits per heavy atom. The van der Waals surface area contributed by atoms with Crippen molar-refractivity contribution in [2.24, 2.45) is 0 Å². The van der Waals surface area contributed by atoms with Crippen molar-refractivity contribution < 1.29 is 4.57 Å². The average Bonchev–Trinajstić information content (AvgIpc) is 2.93. The van der Waals surface area contributed by atoms with Crippen molar-refractivity contribution in [2.75, 3.05) is 0 Å². The van der Waals surface area contributed by atoms with Crippen molar-refractivity contribution in [3.8, 4) is 0 Å². The smallest absolute Gasteiger partial charge is 0.195 e. The third kappa shape index (κ3) is 10.1. The van der Waals surface area contributed by atoms with E-state index in [2.05, 4.69) is 28.6 Å². The summed E-state index contributed by atoms with van der Waals surface area (Å²) in [6.45, 7) is 3.50. The Morgan fingerprint density at radius 3 is 1.74 bits per heavy atom. The van der Waals surface area contributed by atoms with E-state index in [1.54, 1.807) is 11.3 Å². The monoisotopic (exact) mass is 282 g/mol. The number of nitrogens with zero attached hydrogens (tertiary/aromatic N) is 1. The molecule has 1 nitrogen and oxygen atoms in total. The summed E-state index contributed by atoms with van der Waals surface area (Å²) in [5.74, 6) is 0. The summed E-state index contributed by atoms with van der Waals surface area (Å²) >= 11 is 1.79. The van der Waals surface area contributed by atoms with Gasteiger partial charge in [0.15, 0.2) is 6.20 Å². The minimum Gasteiger partial charge on any atom is -0.195 e. The van der Waals surface area contributed by atoms with Crippen LogP contribution in [0, 0.1) is 0 Å². The maximum absolute atomic E-state index is 2.31. The topological polar surface area (TPSA) is 3.88 Å². The first-order valence-electron chi connectivity index (χ1n) is 8.34. The van der Waals surface area contributed by atoms with Gasteiger partial charge < -0.3 is 0 Å². The van der Waals surface area contributed by atoms with Gasteiger partial charge in [-0.05, 0) is 6.42 Å². The summed E-state index contributed by atoms with van der Waals surface area (Å²) in [4.78, 5) is 0. The summed E-state index contributed by atoms with van der Waals surface area (Å²) in [5, 5.41) is 2.15. The van der Waals surface area contributed by atoms with Gasteiger partial charge in [-0.15, -0.1) is 0 Å². The van der Waals surface area contributed by atoms with Crippen molar-refractivity contribution >= 4 is 11.3 Å². The maximum atomic E-state index is 2.31. The SMILES string of the molecule is CCCCCCCCCCCCCC[n+]1ccsc1. The van der Waals surface area contributed by atoms with Crippen LogP contribution in [0.25, 0.3) is 0 Å². The van der Waals surface area contributed by atoms with Crippen LogP contribution in [0.4, 0.5) is 0 Å². The zero-order valence-electron chi connectivity index (χ0n) is 12.8. The number of unbranched alkanes of at least 4 members (excludes halogenated alkanes) is 11. The summed E-state index contributed by atoms with van der Waals surface area (Å²) in [6, 6.07) is 0. The molecule has 0 aliphatic heterocycles. The van der Waals surface area contributed by atoms with E-state index < -0.39 is 0 Å². The van der Waals surface area contributed by atoms with Gasteiger partial charge in [0.1, 0.15) is 6.54 Å². The van der Waals surface area contributed by atoms with Crippen molar-refractivity contribution in [3.05, 3.63) is 17.1 Å². The zero-order chi connectivity index (χ0) is 13.6. The highest BCUT2D eigenvalue weighted by molar-refractivity contribution is 7.07. The Balaban J connectivity index is 1.72. The second-order valence-corrected chi connectivity index (χ2v) is 6.41. The number of aromatic nitrogens is 1. The predicted octanol–water partition coefficient (Wildman–Crippen LogP) is 5.74. The van der Waals surface area contributed by atoms with E-state index in [1.165, 1.54) is 83.6 Å². The molecule has 0 amide bonds. The number of hydrogen-bond donors (Lipinski definition) is 0. The molecule has 0 aromatic carbocycles. The fourth-order valence-corrected chi connectivity index (χ4v) is 3.15. The lowest BCUT2D eigenvalue weighted by Crippen LogP contribution is -2.29. The lowest BCUT2D eigenvalue weighted by atomic mass is 10.1. The molecule has 1 rings (SSSR count). The van der Waals surface area contributed by atoms with Crippen molar-refractivity contribution in [1.29, 1.82) is 0 Å². The van der Waals surface area contributed by atoms with Gasteiger partial charge in [-0.25, -0.2) is 0 Å². The third-order valence-corrected chi connectivity index (χ3v) is 4.47. The van der Waals surface area contributed by atoms with Gasteiger partial charge in [0.25, 0.3) is 0 Å². The minimum atomic E-state index is 1.21. The molecule has 1 aromatic heterocycles. The van der Waals surface area contributed by atoms with E-state index in [0.717, 1.165) is 0 Å². The molecule has 0 aliphatic carbocycles. The highest BCUT2D eigenvalue weighted by Gasteiger charge is 1.99. The van der Waals surface area contributed by atoms with E-state index in [4.69, 9.17) is 0 Å². The summed E-state index contributed by atoms with van der Waals surface area (Å²) in [5.41, 5.74) is 2.21. The van der Waals surface area contributed by atoms with Gasteiger partial charge in [-0.3, -0.25) is 0 Å². The van der Waals surface area contributed by atoms with Crippen molar-refractivity contribution in [2.45, 2.75) is 90.5 Å². The van der Waals surface area contributed by atoms with Crippen LogP contribution in [0.1, 0.15) is 84.0 Å². The maximum Gasteiger partial charge on any atom is 0.224 e. The number of rotatable bonds is 13. The summed E-state index contributed by atoms with van der Waals surface area (Å²) < 4.78 is 2.31. The normalized spacial score (nSPS) is 11.0. The summed E-state index contributed by atoms with van der Waals surface area (Å²) in [6.07, 6.45) is 19.4. The Labute approximate surface area is 124 Å². The van der Waals surface area contributed by atoms with Gasteiger partial charge in [0.2, 0.25) is 5.51 Å². The van der Waals surface area contributed by atoms with Crippen LogP contribution in [0.5, 0.6) is 0 Å². The molecule has 0 saturated carbocycles. The fourth-order valence-electron chi connectivity index (χ4n) is 2.52. The Hall–Kier alpha value is -0.370. The predicted molar refractivity (Wildman–Crippen MR) is 85.6 cm³/mol. The summed E-state index contributed by atoms with van der Waals surface area (Å²) in [7, 11) is 0. The first-order valence-corrected chi connectivity index (χ1v) is 9.29. The second kappa shape index (κ2) is 12.7. The van der Waals surface area contributed by atoms with Crippen molar-refractivity contribution in [1.82, 2.24) is 0 Å². The second-order valence-electron chi connectivity index (χ2n) is 5.65. The molecular formula is C17H32NS+. The Kier molecular flexibility index (Phi) is 11.1. The number of hydrogen-bond acceptors (Lipinski definition) is 1. The molecule has 110 valence electrons. The molecule has 2 heteroatoms. The Bertz CT molecular complexity index is 269. The molecule has 0 bridgehead atoms. The number of thiazole rings is 1. The molecule has 0 saturated heterocycles. The van der Waals surface area contributed by atoms with Gasteiger partial charge in [0, 0.05) is 6.42 Å². The molecule has 0 fully saturated rings. The van der Waals surface area contributed by atoms with Crippen LogP contribution < -0.4 is 4.57 Å². The van der Waals surface area contributed by atoms with Gasteiger partial charge >= 0.3 is 0 Å². The van der Waals surface area contributed by atoms with Crippen molar-refractivity contribution in [3.63, 3.8) is 0 Å². The molecule has 1 heterocycles. The van der Waals surface area contributed by atoms with Gasteiger partial charge in [-0.2, -0.15) is 4.57 Å². The van der Waals surface area contributed by atoms with Gasteiger partial charge in [-0.1, -0.05) is 82.5 Å². The molecule has 19 heavy (non-hydrogen) atoms. The molecule has 0 radical (unpaired) electrons. The molecule has 0 atom stereocenters. The first kappa shape index (κ1) is 16.7. The Morgan fingerprint density at radius 1 is 0.737 bits per heavy atom. The lowest BCUT2D eigenvalue weighted by Gasteiger charge is -2.01. The molecule has 0 unspecified atom stereocenters. The third-order valence-electron chi connectivity index (χ3n) is 3.80. The van der Waals surface area contributed by atoms with Gasteiger partial charge in [0.05, 0.1) is 5.38 Å². The minimum absolute atomic E-state index is 1.21. The standard InChI is InChI=1S/C17H32NS/c1-2-3-4-5-6-7-8-9-10-11-12-13-14-18-15-16-19-17-18/h15-17H,2-14H2,1H3/q+1. The van der Waals surface area contributed by atoms with E-state index in [1.807, 2.05) is 0 Å². The van der Waals surface area contributed by atoms with E-state index in [0.29, 0.717) is 0 Å². The van der Waals surface area contributed by atoms with Crippen LogP contribution in [0.3, 0.4) is 0 Å². The molecule has 0 N–H and O–H groups in total. The molecule has 0 aliphatic rings. The van der Waals surface area contributed by atoms with E-state index in [9.17, 15) is 0 Å². The molecular weight excluding hydrogens is 250 g/mol. The highest BCUT2D eigenvalue weighted by atomic mass is 32.1. The quantitative estimate of drug-likeness (QED) is 0.321. The highest BCUT2D eigenvalue weighted by Crippen LogP contribution is 2.11. The average molecular weight is 283 g/mol. The van der Waals surface area contributed by atoms with Crippen LogP contribution in [0.15, 0.2) is 17.1 Å². The van der Waals surface area contributed by atoms with Crippen LogP contribution in [-0.4, -0.2) is 0 Å². The molecule has 1 aromatic rings. The number of aryl methyl sites for hydroxylation is 1. The first-order chi connectivity index (χ1) is 9.43. The van der Waals surface area contributed by atoms with E-state index >= 15 is 0 Å². The van der Waals surface area contributed by atoms with Crippen LogP contribution >= 0.6 is 11.3 Å². The largest absolute Gasteiger partial charge is 0.224 e.